The third-order valence-corrected chi connectivity index (χ3v) is 6.11. The summed E-state index contributed by atoms with van der Waals surface area (Å²) < 4.78 is 5.24. The second-order valence-corrected chi connectivity index (χ2v) is 9.02. The normalized spacial score (nSPS) is 11.0. The maximum absolute atomic E-state index is 11.9. The van der Waals surface area contributed by atoms with Crippen LogP contribution < -0.4 is 0 Å². The summed E-state index contributed by atoms with van der Waals surface area (Å²) in [5, 5.41) is 9.65. The van der Waals surface area contributed by atoms with E-state index in [1.54, 1.807) is 18.2 Å². The molecule has 0 aliphatic heterocycles. The van der Waals surface area contributed by atoms with E-state index in [1.807, 2.05) is 0 Å². The molecule has 3 heteroatoms. The fourth-order valence-corrected chi connectivity index (χ4v) is 4.07. The summed E-state index contributed by atoms with van der Waals surface area (Å²) in [7, 11) is 0. The first kappa shape index (κ1) is 27.5. The van der Waals surface area contributed by atoms with Gasteiger partial charge in [0.2, 0.25) is 0 Å². The number of carbonyl (C=O) groups excluding carboxylic acids is 1. The summed E-state index contributed by atoms with van der Waals surface area (Å²) in [6, 6.07) is 6.53. The van der Waals surface area contributed by atoms with Crippen molar-refractivity contribution in [3.8, 4) is 5.75 Å². The van der Waals surface area contributed by atoms with Gasteiger partial charge in [0.25, 0.3) is 0 Å². The molecule has 1 N–H and O–H groups in total. The van der Waals surface area contributed by atoms with Crippen molar-refractivity contribution >= 4 is 5.97 Å². The average Bonchev–Trinajstić information content (AvgIpc) is 2.78. The molecule has 0 unspecified atom stereocenters. The molecular weight excluding hydrogens is 384 g/mol. The molecule has 1 aromatic rings. The van der Waals surface area contributed by atoms with Crippen LogP contribution in [0.1, 0.15) is 139 Å². The second kappa shape index (κ2) is 20.4. The number of hydrogen-bond acceptors (Lipinski definition) is 3. The van der Waals surface area contributed by atoms with Gasteiger partial charge < -0.3 is 9.84 Å². The molecule has 3 nitrogen and oxygen atoms in total. The Bertz CT molecular complexity index is 541. The number of benzene rings is 1. The molecule has 0 saturated heterocycles. The van der Waals surface area contributed by atoms with Gasteiger partial charge in [-0.15, -0.1) is 0 Å². The molecule has 31 heavy (non-hydrogen) atoms. The van der Waals surface area contributed by atoms with Crippen LogP contribution in [0.25, 0.3) is 0 Å². The lowest BCUT2D eigenvalue weighted by atomic mass is 10.0. The topological polar surface area (TPSA) is 46.5 Å². The van der Waals surface area contributed by atoms with Crippen molar-refractivity contribution in [2.75, 3.05) is 6.61 Å². The second-order valence-electron chi connectivity index (χ2n) is 9.02. The van der Waals surface area contributed by atoms with Gasteiger partial charge in [0, 0.05) is 0 Å². The molecule has 0 atom stereocenters. The van der Waals surface area contributed by atoms with Crippen LogP contribution in [0.5, 0.6) is 5.75 Å². The van der Waals surface area contributed by atoms with Gasteiger partial charge in [-0.25, -0.2) is 4.79 Å². The lowest BCUT2D eigenvalue weighted by Gasteiger charge is -2.06. The van der Waals surface area contributed by atoms with Crippen LogP contribution in [-0.4, -0.2) is 17.7 Å². The standard InChI is InChI=1S/C28H48O3/c1-2-3-4-5-6-7-8-9-10-11-12-13-14-15-16-17-18-19-22-25-31-28(30)26-23-20-21-24-27(26)29/h20-21,23-24,29H,2-19,22,25H2,1H3. The van der Waals surface area contributed by atoms with E-state index in [0.29, 0.717) is 6.61 Å². The SMILES string of the molecule is CCCCCCCCCCCCCCCCCCCCCOC(=O)c1ccccc1O. The quantitative estimate of drug-likeness (QED) is 0.156. The van der Waals surface area contributed by atoms with Crippen molar-refractivity contribution in [2.45, 2.75) is 129 Å². The third-order valence-electron chi connectivity index (χ3n) is 6.11. The van der Waals surface area contributed by atoms with Crippen molar-refractivity contribution in [1.29, 1.82) is 0 Å². The summed E-state index contributed by atoms with van der Waals surface area (Å²) in [6.45, 7) is 2.72. The Kier molecular flexibility index (Phi) is 18.1. The average molecular weight is 433 g/mol. The molecule has 1 aromatic carbocycles. The number of rotatable bonds is 21. The molecule has 0 heterocycles. The highest BCUT2D eigenvalue weighted by atomic mass is 16.5. The Hall–Kier alpha value is -1.51. The van der Waals surface area contributed by atoms with Gasteiger partial charge in [0.1, 0.15) is 11.3 Å². The highest BCUT2D eigenvalue weighted by molar-refractivity contribution is 5.92. The predicted molar refractivity (Wildman–Crippen MR) is 132 cm³/mol. The van der Waals surface area contributed by atoms with Crippen molar-refractivity contribution in [3.63, 3.8) is 0 Å². The van der Waals surface area contributed by atoms with E-state index in [9.17, 15) is 9.90 Å². The predicted octanol–water partition coefficient (Wildman–Crippen LogP) is 8.98. The van der Waals surface area contributed by atoms with E-state index < -0.39 is 5.97 Å². The smallest absolute Gasteiger partial charge is 0.341 e. The van der Waals surface area contributed by atoms with E-state index in [0.717, 1.165) is 12.8 Å². The molecule has 0 aliphatic rings. The van der Waals surface area contributed by atoms with Gasteiger partial charge >= 0.3 is 5.97 Å². The minimum atomic E-state index is -0.430. The van der Waals surface area contributed by atoms with Crippen molar-refractivity contribution < 1.29 is 14.6 Å². The number of ether oxygens (including phenoxy) is 1. The summed E-state index contributed by atoms with van der Waals surface area (Å²) in [4.78, 5) is 11.9. The number of esters is 1. The fraction of sp³-hybridized carbons (Fsp3) is 0.750. The maximum Gasteiger partial charge on any atom is 0.341 e. The van der Waals surface area contributed by atoms with E-state index in [2.05, 4.69) is 6.92 Å². The highest BCUT2D eigenvalue weighted by Crippen LogP contribution is 2.17. The van der Waals surface area contributed by atoms with Crippen molar-refractivity contribution in [3.05, 3.63) is 29.8 Å². The number of unbranched alkanes of at least 4 members (excludes halogenated alkanes) is 18. The van der Waals surface area contributed by atoms with Crippen LogP contribution in [0.3, 0.4) is 0 Å². The summed E-state index contributed by atoms with van der Waals surface area (Å²) in [5.74, 6) is -0.443. The number of phenols is 1. The molecule has 0 aromatic heterocycles. The van der Waals surface area contributed by atoms with E-state index in [-0.39, 0.29) is 11.3 Å². The van der Waals surface area contributed by atoms with E-state index in [1.165, 1.54) is 115 Å². The van der Waals surface area contributed by atoms with Gasteiger partial charge in [-0.05, 0) is 18.6 Å². The lowest BCUT2D eigenvalue weighted by molar-refractivity contribution is 0.0494. The third kappa shape index (κ3) is 15.9. The first-order valence-electron chi connectivity index (χ1n) is 13.2. The van der Waals surface area contributed by atoms with Gasteiger partial charge in [-0.2, -0.15) is 0 Å². The van der Waals surface area contributed by atoms with Gasteiger partial charge in [-0.1, -0.05) is 135 Å². The van der Waals surface area contributed by atoms with Crippen LogP contribution in [0.4, 0.5) is 0 Å². The van der Waals surface area contributed by atoms with Crippen molar-refractivity contribution in [2.24, 2.45) is 0 Å². The van der Waals surface area contributed by atoms with Crippen LogP contribution in [0.2, 0.25) is 0 Å². The zero-order chi connectivity index (χ0) is 22.4. The molecule has 0 saturated carbocycles. The number of carbonyl (C=O) groups is 1. The van der Waals surface area contributed by atoms with Crippen LogP contribution in [0, 0.1) is 0 Å². The summed E-state index contributed by atoms with van der Waals surface area (Å²) >= 11 is 0. The van der Waals surface area contributed by atoms with E-state index >= 15 is 0 Å². The fourth-order valence-electron chi connectivity index (χ4n) is 4.07. The van der Waals surface area contributed by atoms with Crippen LogP contribution in [0.15, 0.2) is 24.3 Å². The number of aromatic hydroxyl groups is 1. The first-order valence-corrected chi connectivity index (χ1v) is 13.2. The largest absolute Gasteiger partial charge is 0.507 e. The lowest BCUT2D eigenvalue weighted by Crippen LogP contribution is -2.06. The molecule has 0 bridgehead atoms. The first-order chi connectivity index (χ1) is 15.3. The van der Waals surface area contributed by atoms with Gasteiger partial charge in [0.05, 0.1) is 6.61 Å². The van der Waals surface area contributed by atoms with Gasteiger partial charge in [0.15, 0.2) is 0 Å². The van der Waals surface area contributed by atoms with Crippen molar-refractivity contribution in [1.82, 2.24) is 0 Å². The minimum absolute atomic E-state index is 0.0133. The molecule has 1 rings (SSSR count). The molecular formula is C28H48O3. The molecule has 178 valence electrons. The number of para-hydroxylation sites is 1. The Balaban J connectivity index is 1.75. The molecule has 0 spiro atoms. The highest BCUT2D eigenvalue weighted by Gasteiger charge is 2.10. The maximum atomic E-state index is 11.9. The van der Waals surface area contributed by atoms with Gasteiger partial charge in [-0.3, -0.25) is 0 Å². The Morgan fingerprint density at radius 3 is 1.45 bits per heavy atom. The number of hydrogen-bond donors (Lipinski definition) is 1. The number of phenolic OH excluding ortho intramolecular Hbond substituents is 1. The molecule has 0 radical (unpaired) electrons. The zero-order valence-corrected chi connectivity index (χ0v) is 20.2. The summed E-state index contributed by atoms with van der Waals surface area (Å²) in [5.41, 5.74) is 0.250. The van der Waals surface area contributed by atoms with Crippen LogP contribution >= 0.6 is 0 Å². The Labute approximate surface area is 192 Å². The molecule has 0 fully saturated rings. The Morgan fingerprint density at radius 2 is 1.03 bits per heavy atom. The summed E-state index contributed by atoms with van der Waals surface area (Å²) in [6.07, 6.45) is 25.7. The van der Waals surface area contributed by atoms with E-state index in [4.69, 9.17) is 4.74 Å². The molecule has 0 amide bonds. The monoisotopic (exact) mass is 432 g/mol. The zero-order valence-electron chi connectivity index (χ0n) is 20.2. The van der Waals surface area contributed by atoms with Crippen LogP contribution in [-0.2, 0) is 4.74 Å². The minimum Gasteiger partial charge on any atom is -0.507 e. The Morgan fingerprint density at radius 1 is 0.645 bits per heavy atom. The molecule has 0 aliphatic carbocycles.